The molecule has 0 bridgehead atoms. The molecule has 0 amide bonds. The van der Waals surface area contributed by atoms with Crippen LogP contribution < -0.4 is 0 Å². The Bertz CT molecular complexity index is 828. The fourth-order valence-corrected chi connectivity index (χ4v) is 3.69. The van der Waals surface area contributed by atoms with Crippen LogP contribution >= 0.6 is 22.7 Å². The smallest absolute Gasteiger partial charge is 0.374 e. The second-order valence-electron chi connectivity index (χ2n) is 4.45. The number of carbonyl (C=O) groups is 2. The zero-order valence-corrected chi connectivity index (χ0v) is 14.0. The summed E-state index contributed by atoms with van der Waals surface area (Å²) in [5.41, 5.74) is 0.639. The Hall–Kier alpha value is -2.38. The van der Waals surface area contributed by atoms with Crippen LogP contribution in [0, 0.1) is 0 Å². The Morgan fingerprint density at radius 1 is 0.957 bits per heavy atom. The molecule has 0 saturated heterocycles. The second-order valence-corrected chi connectivity index (χ2v) is 6.34. The molecule has 23 heavy (non-hydrogen) atoms. The number of rotatable bonds is 4. The maximum Gasteiger partial charge on any atom is 0.374 e. The van der Waals surface area contributed by atoms with Crippen molar-refractivity contribution in [3.8, 4) is 21.1 Å². The molecule has 0 fully saturated rings. The highest BCUT2D eigenvalue weighted by atomic mass is 32.1. The fourth-order valence-electron chi connectivity index (χ4n) is 2.20. The molecule has 0 saturated carbocycles. The minimum absolute atomic E-state index is 0.0881. The summed E-state index contributed by atoms with van der Waals surface area (Å²) in [7, 11) is 2.50. The van der Waals surface area contributed by atoms with Gasteiger partial charge in [0.05, 0.1) is 24.7 Å². The van der Waals surface area contributed by atoms with E-state index in [9.17, 15) is 9.59 Å². The van der Waals surface area contributed by atoms with Crippen LogP contribution in [0.2, 0.25) is 0 Å². The average molecular weight is 348 g/mol. The number of hydrogen-bond donors (Lipinski definition) is 0. The molecule has 5 nitrogen and oxygen atoms in total. The molecule has 0 radical (unpaired) electrons. The molecule has 0 aliphatic rings. The molecule has 0 aromatic carbocycles. The highest BCUT2D eigenvalue weighted by Crippen LogP contribution is 2.43. The molecule has 0 N–H and O–H groups in total. The third-order valence-corrected chi connectivity index (χ3v) is 4.94. The Balaban J connectivity index is 2.34. The Labute approximate surface area is 140 Å². The van der Waals surface area contributed by atoms with E-state index in [0.29, 0.717) is 11.3 Å². The SMILES string of the molecule is COC(=O)c1oc(-c2cccs2)c(-c2cccs2)c1C(=O)OC. The molecule has 0 aliphatic heterocycles. The van der Waals surface area contributed by atoms with Crippen LogP contribution in [-0.2, 0) is 9.47 Å². The molecule has 3 aromatic heterocycles. The monoisotopic (exact) mass is 348 g/mol. The first-order chi connectivity index (χ1) is 11.2. The molecular formula is C16H12O5S2. The third kappa shape index (κ3) is 2.69. The van der Waals surface area contributed by atoms with Gasteiger partial charge >= 0.3 is 11.9 Å². The van der Waals surface area contributed by atoms with Gasteiger partial charge in [-0.15, -0.1) is 22.7 Å². The molecule has 0 atom stereocenters. The summed E-state index contributed by atoms with van der Waals surface area (Å²) < 4.78 is 15.3. The first-order valence-electron chi connectivity index (χ1n) is 6.58. The number of esters is 2. The fraction of sp³-hybridized carbons (Fsp3) is 0.125. The van der Waals surface area contributed by atoms with Crippen LogP contribution in [0.4, 0.5) is 0 Å². The van der Waals surface area contributed by atoms with Gasteiger partial charge in [-0.05, 0) is 22.9 Å². The van der Waals surface area contributed by atoms with Crippen molar-refractivity contribution in [1.82, 2.24) is 0 Å². The number of methoxy groups -OCH3 is 2. The first-order valence-corrected chi connectivity index (χ1v) is 8.34. The highest BCUT2D eigenvalue weighted by Gasteiger charge is 2.33. The highest BCUT2D eigenvalue weighted by molar-refractivity contribution is 7.14. The standard InChI is InChI=1S/C16H12O5S2/c1-19-15(17)12-11(9-5-3-7-22-9)13(10-6-4-8-23-10)21-14(12)16(18)20-2/h3-8H,1-2H3. The summed E-state index contributed by atoms with van der Waals surface area (Å²) >= 11 is 2.90. The molecule has 3 rings (SSSR count). The van der Waals surface area contributed by atoms with Gasteiger partial charge in [0.2, 0.25) is 5.76 Å². The summed E-state index contributed by atoms with van der Waals surface area (Å²) in [5, 5.41) is 3.78. The summed E-state index contributed by atoms with van der Waals surface area (Å²) in [6.45, 7) is 0. The zero-order valence-electron chi connectivity index (χ0n) is 12.3. The molecule has 3 heterocycles. The number of carbonyl (C=O) groups excluding carboxylic acids is 2. The van der Waals surface area contributed by atoms with E-state index in [4.69, 9.17) is 13.9 Å². The Morgan fingerprint density at radius 3 is 2.09 bits per heavy atom. The van der Waals surface area contributed by atoms with Gasteiger partial charge in [0.1, 0.15) is 5.56 Å². The average Bonchev–Trinajstić information content (AvgIpc) is 3.31. The number of hydrogen-bond acceptors (Lipinski definition) is 7. The van der Waals surface area contributed by atoms with Crippen LogP contribution in [0.15, 0.2) is 39.4 Å². The summed E-state index contributed by atoms with van der Waals surface area (Å²) in [5.74, 6) is -1.04. The van der Waals surface area contributed by atoms with Crippen molar-refractivity contribution in [3.63, 3.8) is 0 Å². The quantitative estimate of drug-likeness (QED) is 0.657. The lowest BCUT2D eigenvalue weighted by molar-refractivity contribution is 0.0529. The molecule has 0 spiro atoms. The van der Waals surface area contributed by atoms with E-state index in [1.807, 2.05) is 35.0 Å². The normalized spacial score (nSPS) is 10.5. The topological polar surface area (TPSA) is 65.7 Å². The maximum atomic E-state index is 12.3. The van der Waals surface area contributed by atoms with Crippen LogP contribution in [0.3, 0.4) is 0 Å². The maximum absolute atomic E-state index is 12.3. The van der Waals surface area contributed by atoms with E-state index in [1.54, 1.807) is 0 Å². The molecule has 118 valence electrons. The van der Waals surface area contributed by atoms with Gasteiger partial charge in [-0.1, -0.05) is 12.1 Å². The van der Waals surface area contributed by atoms with Crippen LogP contribution in [-0.4, -0.2) is 26.2 Å². The molecule has 7 heteroatoms. The second kappa shape index (κ2) is 6.39. The minimum atomic E-state index is -0.717. The first kappa shape index (κ1) is 15.5. The Kier molecular flexibility index (Phi) is 4.31. The third-order valence-electron chi connectivity index (χ3n) is 3.18. The van der Waals surface area contributed by atoms with Crippen LogP contribution in [0.25, 0.3) is 21.1 Å². The van der Waals surface area contributed by atoms with Crippen LogP contribution in [0.1, 0.15) is 20.9 Å². The van der Waals surface area contributed by atoms with E-state index in [0.717, 1.165) is 9.75 Å². The molecule has 0 aliphatic carbocycles. The van der Waals surface area contributed by atoms with Crippen molar-refractivity contribution in [1.29, 1.82) is 0 Å². The van der Waals surface area contributed by atoms with E-state index in [-0.39, 0.29) is 11.3 Å². The van der Waals surface area contributed by atoms with E-state index < -0.39 is 11.9 Å². The van der Waals surface area contributed by atoms with Gasteiger partial charge in [0, 0.05) is 4.88 Å². The summed E-state index contributed by atoms with van der Waals surface area (Å²) in [4.78, 5) is 25.9. The van der Waals surface area contributed by atoms with Gasteiger partial charge in [-0.25, -0.2) is 9.59 Å². The Morgan fingerprint density at radius 2 is 1.57 bits per heavy atom. The van der Waals surface area contributed by atoms with Crippen molar-refractivity contribution < 1.29 is 23.5 Å². The largest absolute Gasteiger partial charge is 0.465 e. The van der Waals surface area contributed by atoms with Crippen molar-refractivity contribution in [3.05, 3.63) is 46.3 Å². The van der Waals surface area contributed by atoms with E-state index in [2.05, 4.69) is 0 Å². The number of thiophene rings is 2. The summed E-state index contributed by atoms with van der Waals surface area (Å²) in [6, 6.07) is 7.46. The lowest BCUT2D eigenvalue weighted by atomic mass is 10.1. The van der Waals surface area contributed by atoms with Crippen molar-refractivity contribution in [2.45, 2.75) is 0 Å². The van der Waals surface area contributed by atoms with Gasteiger partial charge in [-0.3, -0.25) is 0 Å². The molecule has 0 unspecified atom stereocenters. The minimum Gasteiger partial charge on any atom is -0.465 e. The predicted molar refractivity (Wildman–Crippen MR) is 88.0 cm³/mol. The van der Waals surface area contributed by atoms with Crippen molar-refractivity contribution in [2.75, 3.05) is 14.2 Å². The number of furan rings is 1. The molecular weight excluding hydrogens is 336 g/mol. The van der Waals surface area contributed by atoms with Gasteiger partial charge in [0.15, 0.2) is 5.76 Å². The van der Waals surface area contributed by atoms with Crippen LogP contribution in [0.5, 0.6) is 0 Å². The van der Waals surface area contributed by atoms with E-state index in [1.165, 1.54) is 36.9 Å². The number of ether oxygens (including phenoxy) is 2. The summed E-state index contributed by atoms with van der Waals surface area (Å²) in [6.07, 6.45) is 0. The lowest BCUT2D eigenvalue weighted by Gasteiger charge is -2.02. The van der Waals surface area contributed by atoms with Gasteiger partial charge in [-0.2, -0.15) is 0 Å². The zero-order chi connectivity index (χ0) is 16.4. The van der Waals surface area contributed by atoms with Gasteiger partial charge < -0.3 is 13.9 Å². The van der Waals surface area contributed by atoms with Crippen molar-refractivity contribution in [2.24, 2.45) is 0 Å². The lowest BCUT2D eigenvalue weighted by Crippen LogP contribution is -2.10. The predicted octanol–water partition coefficient (Wildman–Crippen LogP) is 4.31. The van der Waals surface area contributed by atoms with E-state index >= 15 is 0 Å². The van der Waals surface area contributed by atoms with Gasteiger partial charge in [0.25, 0.3) is 0 Å². The molecule has 3 aromatic rings. The van der Waals surface area contributed by atoms with Crippen molar-refractivity contribution >= 4 is 34.6 Å².